The summed E-state index contributed by atoms with van der Waals surface area (Å²) in [6.07, 6.45) is 6.98. The molecule has 0 saturated carbocycles. The lowest BCUT2D eigenvalue weighted by molar-refractivity contribution is 0.174. The molecular formula is C11H18N4O2S. The molecule has 2 saturated heterocycles. The van der Waals surface area contributed by atoms with E-state index in [1.54, 1.807) is 28.4 Å². The van der Waals surface area contributed by atoms with Crippen LogP contribution in [0.25, 0.3) is 0 Å². The number of hydrogen-bond acceptors (Lipinski definition) is 4. The van der Waals surface area contributed by atoms with E-state index in [9.17, 15) is 8.42 Å². The minimum absolute atomic E-state index is 0.143. The molecule has 0 aromatic carbocycles. The van der Waals surface area contributed by atoms with Crippen LogP contribution in [-0.2, 0) is 10.0 Å². The van der Waals surface area contributed by atoms with E-state index in [1.165, 1.54) is 0 Å². The Morgan fingerprint density at radius 2 is 1.67 bits per heavy atom. The van der Waals surface area contributed by atoms with Crippen LogP contribution < -0.4 is 0 Å². The number of rotatable bonds is 3. The fourth-order valence-corrected chi connectivity index (χ4v) is 4.90. The third-order valence-corrected chi connectivity index (χ3v) is 6.06. The molecule has 2 aliphatic rings. The quantitative estimate of drug-likeness (QED) is 0.814. The Labute approximate surface area is 107 Å². The molecule has 3 rings (SSSR count). The first-order valence-electron chi connectivity index (χ1n) is 6.49. The number of sulfonamides is 1. The van der Waals surface area contributed by atoms with Crippen LogP contribution in [0, 0.1) is 0 Å². The van der Waals surface area contributed by atoms with Gasteiger partial charge in [0.1, 0.15) is 0 Å². The lowest BCUT2D eigenvalue weighted by Crippen LogP contribution is -2.47. The van der Waals surface area contributed by atoms with Gasteiger partial charge in [-0.05, 0) is 32.6 Å². The molecule has 0 radical (unpaired) electrons. The zero-order chi connectivity index (χ0) is 12.8. The van der Waals surface area contributed by atoms with Gasteiger partial charge in [0.2, 0.25) is 10.0 Å². The highest BCUT2D eigenvalue weighted by molar-refractivity contribution is 7.89. The van der Waals surface area contributed by atoms with Crippen LogP contribution in [0.3, 0.4) is 0 Å². The highest BCUT2D eigenvalue weighted by Gasteiger charge is 2.46. The lowest BCUT2D eigenvalue weighted by atomic mass is 10.0. The van der Waals surface area contributed by atoms with Crippen molar-refractivity contribution in [3.05, 3.63) is 12.4 Å². The molecule has 0 aliphatic carbocycles. The number of piperidine rings is 1. The Hall–Kier alpha value is -0.950. The minimum atomic E-state index is -3.07. The first-order valence-corrected chi connectivity index (χ1v) is 8.09. The van der Waals surface area contributed by atoms with Crippen molar-refractivity contribution in [3.63, 3.8) is 0 Å². The van der Waals surface area contributed by atoms with Gasteiger partial charge in [-0.15, -0.1) is 0 Å². The van der Waals surface area contributed by atoms with Gasteiger partial charge in [0, 0.05) is 12.1 Å². The predicted octanol–water partition coefficient (Wildman–Crippen LogP) is 0.796. The molecule has 100 valence electrons. The fourth-order valence-electron chi connectivity index (χ4n) is 3.31. The summed E-state index contributed by atoms with van der Waals surface area (Å²) in [6, 6.07) is 0.537. The van der Waals surface area contributed by atoms with Crippen molar-refractivity contribution in [2.75, 3.05) is 5.75 Å². The Morgan fingerprint density at radius 3 is 2.17 bits per heavy atom. The van der Waals surface area contributed by atoms with E-state index in [-0.39, 0.29) is 23.9 Å². The van der Waals surface area contributed by atoms with E-state index in [2.05, 4.69) is 10.2 Å². The molecular weight excluding hydrogens is 252 g/mol. The Kier molecular flexibility index (Phi) is 2.90. The summed E-state index contributed by atoms with van der Waals surface area (Å²) in [5.41, 5.74) is 0. The maximum Gasteiger partial charge on any atom is 0.214 e. The van der Waals surface area contributed by atoms with Crippen molar-refractivity contribution in [2.24, 2.45) is 0 Å². The summed E-state index contributed by atoms with van der Waals surface area (Å²) in [7, 11) is -3.07. The van der Waals surface area contributed by atoms with E-state index >= 15 is 0 Å². The van der Waals surface area contributed by atoms with Crippen LogP contribution in [0.4, 0.5) is 0 Å². The summed E-state index contributed by atoms with van der Waals surface area (Å²) in [4.78, 5) is 1.74. The molecule has 2 fully saturated rings. The first kappa shape index (κ1) is 12.1. The monoisotopic (exact) mass is 270 g/mol. The van der Waals surface area contributed by atoms with Gasteiger partial charge in [-0.3, -0.25) is 0 Å². The van der Waals surface area contributed by atoms with Crippen LogP contribution >= 0.6 is 0 Å². The van der Waals surface area contributed by atoms with Gasteiger partial charge < -0.3 is 0 Å². The maximum atomic E-state index is 12.1. The van der Waals surface area contributed by atoms with Gasteiger partial charge in [0.25, 0.3) is 0 Å². The first-order chi connectivity index (χ1) is 8.62. The molecule has 2 unspecified atom stereocenters. The van der Waals surface area contributed by atoms with Crippen LogP contribution in [-0.4, -0.2) is 45.6 Å². The number of nitrogens with zero attached hydrogens (tertiary/aromatic N) is 4. The SMILES string of the molecule is CCS(=O)(=O)N1C2CCC1CC(n1nccn1)C2. The molecule has 0 spiro atoms. The second kappa shape index (κ2) is 4.31. The van der Waals surface area contributed by atoms with Crippen LogP contribution in [0.5, 0.6) is 0 Å². The summed E-state index contributed by atoms with van der Waals surface area (Å²) < 4.78 is 25.9. The van der Waals surface area contributed by atoms with Crippen molar-refractivity contribution >= 4 is 10.0 Å². The lowest BCUT2D eigenvalue weighted by Gasteiger charge is -2.37. The average molecular weight is 270 g/mol. The molecule has 1 aromatic heterocycles. The molecule has 18 heavy (non-hydrogen) atoms. The van der Waals surface area contributed by atoms with Gasteiger partial charge in [-0.1, -0.05) is 0 Å². The Bertz CT molecular complexity index is 499. The van der Waals surface area contributed by atoms with Crippen molar-refractivity contribution in [3.8, 4) is 0 Å². The summed E-state index contributed by atoms with van der Waals surface area (Å²) in [6.45, 7) is 1.72. The third-order valence-electron chi connectivity index (χ3n) is 4.09. The summed E-state index contributed by atoms with van der Waals surface area (Å²) in [5, 5.41) is 8.36. The van der Waals surface area contributed by atoms with Gasteiger partial charge in [0.15, 0.2) is 0 Å². The molecule has 1 aromatic rings. The largest absolute Gasteiger partial charge is 0.214 e. The van der Waals surface area contributed by atoms with Crippen LogP contribution in [0.2, 0.25) is 0 Å². The zero-order valence-corrected chi connectivity index (χ0v) is 11.3. The van der Waals surface area contributed by atoms with Crippen molar-refractivity contribution in [1.29, 1.82) is 0 Å². The van der Waals surface area contributed by atoms with Gasteiger partial charge in [-0.25, -0.2) is 8.42 Å². The topological polar surface area (TPSA) is 68.1 Å². The van der Waals surface area contributed by atoms with E-state index in [0.717, 1.165) is 25.7 Å². The minimum Gasteiger partial charge on any atom is -0.212 e. The van der Waals surface area contributed by atoms with Gasteiger partial charge >= 0.3 is 0 Å². The Balaban J connectivity index is 1.83. The van der Waals surface area contributed by atoms with Crippen LogP contribution in [0.15, 0.2) is 12.4 Å². The molecule has 0 amide bonds. The van der Waals surface area contributed by atoms with Gasteiger partial charge in [0.05, 0.1) is 24.2 Å². The van der Waals surface area contributed by atoms with E-state index in [4.69, 9.17) is 0 Å². The molecule has 0 N–H and O–H groups in total. The van der Waals surface area contributed by atoms with E-state index < -0.39 is 10.0 Å². The molecule has 2 atom stereocenters. The predicted molar refractivity (Wildman–Crippen MR) is 66.4 cm³/mol. The maximum absolute atomic E-state index is 12.1. The number of aromatic nitrogens is 3. The summed E-state index contributed by atoms with van der Waals surface area (Å²) >= 11 is 0. The average Bonchev–Trinajstić information content (AvgIpc) is 2.96. The van der Waals surface area contributed by atoms with Crippen molar-refractivity contribution in [2.45, 2.75) is 50.7 Å². The Morgan fingerprint density at radius 1 is 1.11 bits per heavy atom. The second-order valence-electron chi connectivity index (χ2n) is 5.09. The van der Waals surface area contributed by atoms with E-state index in [0.29, 0.717) is 0 Å². The fraction of sp³-hybridized carbons (Fsp3) is 0.818. The molecule has 2 bridgehead atoms. The van der Waals surface area contributed by atoms with Crippen molar-refractivity contribution in [1.82, 2.24) is 19.3 Å². The van der Waals surface area contributed by atoms with E-state index in [1.807, 2.05) is 0 Å². The molecule has 3 heterocycles. The van der Waals surface area contributed by atoms with Crippen LogP contribution in [0.1, 0.15) is 38.6 Å². The highest BCUT2D eigenvalue weighted by atomic mass is 32.2. The summed E-state index contributed by atoms with van der Waals surface area (Å²) in [5.74, 6) is 0.199. The molecule has 7 heteroatoms. The number of fused-ring (bicyclic) bond motifs is 2. The third kappa shape index (κ3) is 1.85. The highest BCUT2D eigenvalue weighted by Crippen LogP contribution is 2.41. The second-order valence-corrected chi connectivity index (χ2v) is 7.25. The standard InChI is InChI=1S/C11H18N4O2S/c1-2-18(16,17)14-9-3-4-10(14)8-11(7-9)15-12-5-6-13-15/h5-6,9-11H,2-4,7-8H2,1H3. The normalized spacial score (nSPS) is 32.8. The van der Waals surface area contributed by atoms with Gasteiger partial charge in [-0.2, -0.15) is 19.3 Å². The molecule has 2 aliphatic heterocycles. The zero-order valence-electron chi connectivity index (χ0n) is 10.4. The number of hydrogen-bond donors (Lipinski definition) is 0. The van der Waals surface area contributed by atoms with Crippen molar-refractivity contribution < 1.29 is 8.42 Å². The molecule has 6 nitrogen and oxygen atoms in total. The smallest absolute Gasteiger partial charge is 0.212 e.